The van der Waals surface area contributed by atoms with Crippen LogP contribution in [0.5, 0.6) is 0 Å². The quantitative estimate of drug-likeness (QED) is 0.648. The molecule has 0 N–H and O–H groups in total. The van der Waals surface area contributed by atoms with Gasteiger partial charge in [0.05, 0.1) is 0 Å². The number of halogens is 2. The van der Waals surface area contributed by atoms with Gasteiger partial charge in [-0.05, 0) is 30.7 Å². The van der Waals surface area contributed by atoms with E-state index in [0.29, 0.717) is 16.2 Å². The van der Waals surface area contributed by atoms with Crippen LogP contribution in [0.4, 0.5) is 0 Å². The molecule has 72 valence electrons. The fourth-order valence-electron chi connectivity index (χ4n) is 1.30. The number of hydrogen-bond acceptors (Lipinski definition) is 2. The van der Waals surface area contributed by atoms with Crippen molar-refractivity contribution in [2.24, 2.45) is 0 Å². The lowest BCUT2D eigenvalue weighted by molar-refractivity contribution is 0.560. The molecule has 0 saturated carbocycles. The fourth-order valence-corrected chi connectivity index (χ4v) is 1.61. The SMILES string of the molecule is Cc1c(Cl)c(=O)oc2ccc(Cl)cc12. The summed E-state index contributed by atoms with van der Waals surface area (Å²) in [4.78, 5) is 11.2. The number of fused-ring (bicyclic) bond motifs is 1. The maximum atomic E-state index is 11.2. The maximum Gasteiger partial charge on any atom is 0.355 e. The molecule has 0 fully saturated rings. The van der Waals surface area contributed by atoms with E-state index in [1.165, 1.54) is 0 Å². The number of rotatable bonds is 0. The van der Waals surface area contributed by atoms with E-state index in [2.05, 4.69) is 0 Å². The van der Waals surface area contributed by atoms with E-state index in [4.69, 9.17) is 27.6 Å². The molecule has 0 bridgehead atoms. The van der Waals surface area contributed by atoms with E-state index in [1.54, 1.807) is 25.1 Å². The molecule has 1 aromatic heterocycles. The third-order valence-corrected chi connectivity index (χ3v) is 2.73. The first-order valence-corrected chi connectivity index (χ1v) is 4.73. The Morgan fingerprint density at radius 1 is 1.29 bits per heavy atom. The molecule has 0 radical (unpaired) electrons. The lowest BCUT2D eigenvalue weighted by Crippen LogP contribution is -2.01. The molecule has 0 unspecified atom stereocenters. The first-order chi connectivity index (χ1) is 6.59. The van der Waals surface area contributed by atoms with Gasteiger partial charge in [-0.1, -0.05) is 23.2 Å². The predicted octanol–water partition coefficient (Wildman–Crippen LogP) is 3.41. The average molecular weight is 229 g/mol. The molecule has 0 spiro atoms. The zero-order valence-corrected chi connectivity index (χ0v) is 8.82. The van der Waals surface area contributed by atoms with Gasteiger partial charge in [-0.15, -0.1) is 0 Å². The Morgan fingerprint density at radius 2 is 2.00 bits per heavy atom. The van der Waals surface area contributed by atoms with E-state index in [1.807, 2.05) is 0 Å². The molecule has 4 heteroatoms. The highest BCUT2D eigenvalue weighted by Crippen LogP contribution is 2.24. The van der Waals surface area contributed by atoms with Crippen molar-refractivity contribution in [2.75, 3.05) is 0 Å². The normalized spacial score (nSPS) is 10.8. The van der Waals surface area contributed by atoms with Crippen molar-refractivity contribution in [2.45, 2.75) is 6.92 Å². The zero-order chi connectivity index (χ0) is 10.3. The van der Waals surface area contributed by atoms with Crippen LogP contribution in [0.15, 0.2) is 27.4 Å². The van der Waals surface area contributed by atoms with Gasteiger partial charge in [0, 0.05) is 10.4 Å². The van der Waals surface area contributed by atoms with Crippen molar-refractivity contribution in [1.29, 1.82) is 0 Å². The van der Waals surface area contributed by atoms with Gasteiger partial charge >= 0.3 is 5.63 Å². The molecule has 0 aliphatic rings. The van der Waals surface area contributed by atoms with Crippen molar-refractivity contribution in [3.63, 3.8) is 0 Å². The summed E-state index contributed by atoms with van der Waals surface area (Å²) in [6.07, 6.45) is 0. The molecular formula is C10H6Cl2O2. The first kappa shape index (κ1) is 9.56. The standard InChI is InChI=1S/C10H6Cl2O2/c1-5-7-4-6(11)2-3-8(7)14-10(13)9(5)12/h2-4H,1H3. The number of hydrogen-bond donors (Lipinski definition) is 0. The summed E-state index contributed by atoms with van der Waals surface area (Å²) in [7, 11) is 0. The van der Waals surface area contributed by atoms with Crippen LogP contribution in [0, 0.1) is 6.92 Å². The molecule has 0 aliphatic carbocycles. The maximum absolute atomic E-state index is 11.2. The molecule has 0 aliphatic heterocycles. The van der Waals surface area contributed by atoms with Crippen molar-refractivity contribution in [3.8, 4) is 0 Å². The van der Waals surface area contributed by atoms with Crippen LogP contribution in [-0.4, -0.2) is 0 Å². The van der Waals surface area contributed by atoms with E-state index in [9.17, 15) is 4.79 Å². The Kier molecular flexibility index (Phi) is 2.25. The average Bonchev–Trinajstić information content (AvgIpc) is 2.16. The number of aryl methyl sites for hydroxylation is 1. The predicted molar refractivity (Wildman–Crippen MR) is 57.2 cm³/mol. The molecule has 2 rings (SSSR count). The molecular weight excluding hydrogens is 223 g/mol. The summed E-state index contributed by atoms with van der Waals surface area (Å²) in [6, 6.07) is 5.05. The van der Waals surface area contributed by atoms with Gasteiger partial charge < -0.3 is 4.42 Å². The van der Waals surface area contributed by atoms with Gasteiger partial charge in [0.1, 0.15) is 10.6 Å². The first-order valence-electron chi connectivity index (χ1n) is 3.98. The summed E-state index contributed by atoms with van der Waals surface area (Å²) in [5.74, 6) is 0. The molecule has 0 atom stereocenters. The smallest absolute Gasteiger partial charge is 0.355 e. The minimum absolute atomic E-state index is 0.111. The third-order valence-electron chi connectivity index (χ3n) is 2.06. The van der Waals surface area contributed by atoms with Crippen molar-refractivity contribution in [3.05, 3.63) is 44.2 Å². The van der Waals surface area contributed by atoms with Gasteiger partial charge in [0.15, 0.2) is 0 Å². The highest BCUT2D eigenvalue weighted by Gasteiger charge is 2.08. The molecule has 2 aromatic rings. The highest BCUT2D eigenvalue weighted by molar-refractivity contribution is 6.33. The molecule has 1 aromatic carbocycles. The Balaban J connectivity index is 2.99. The van der Waals surface area contributed by atoms with Gasteiger partial charge in [-0.2, -0.15) is 0 Å². The Morgan fingerprint density at radius 3 is 2.71 bits per heavy atom. The fraction of sp³-hybridized carbons (Fsp3) is 0.100. The monoisotopic (exact) mass is 228 g/mol. The van der Waals surface area contributed by atoms with Crippen LogP contribution in [0.25, 0.3) is 11.0 Å². The van der Waals surface area contributed by atoms with E-state index in [-0.39, 0.29) is 5.02 Å². The molecule has 2 nitrogen and oxygen atoms in total. The van der Waals surface area contributed by atoms with Crippen molar-refractivity contribution in [1.82, 2.24) is 0 Å². The highest BCUT2D eigenvalue weighted by atomic mass is 35.5. The summed E-state index contributed by atoms with van der Waals surface area (Å²) in [5, 5.41) is 1.47. The van der Waals surface area contributed by atoms with Crippen LogP contribution in [0.2, 0.25) is 10.0 Å². The molecule has 0 amide bonds. The number of benzene rings is 1. The lowest BCUT2D eigenvalue weighted by Gasteiger charge is -2.02. The van der Waals surface area contributed by atoms with Gasteiger partial charge in [-0.3, -0.25) is 0 Å². The lowest BCUT2D eigenvalue weighted by atomic mass is 10.1. The Labute approximate surface area is 90.1 Å². The summed E-state index contributed by atoms with van der Waals surface area (Å²) in [6.45, 7) is 1.76. The Hall–Kier alpha value is -0.990. The largest absolute Gasteiger partial charge is 0.422 e. The zero-order valence-electron chi connectivity index (χ0n) is 7.30. The van der Waals surface area contributed by atoms with Gasteiger partial charge in [-0.25, -0.2) is 4.79 Å². The Bertz CT molecular complexity index is 558. The van der Waals surface area contributed by atoms with E-state index in [0.717, 1.165) is 5.39 Å². The second-order valence-electron chi connectivity index (χ2n) is 2.97. The molecule has 1 heterocycles. The second kappa shape index (κ2) is 3.30. The van der Waals surface area contributed by atoms with Crippen LogP contribution in [-0.2, 0) is 0 Å². The third kappa shape index (κ3) is 1.41. The van der Waals surface area contributed by atoms with Crippen molar-refractivity contribution < 1.29 is 4.42 Å². The molecule has 0 saturated heterocycles. The summed E-state index contributed by atoms with van der Waals surface area (Å²) < 4.78 is 4.98. The van der Waals surface area contributed by atoms with Gasteiger partial charge in [0.25, 0.3) is 0 Å². The minimum Gasteiger partial charge on any atom is -0.422 e. The minimum atomic E-state index is -0.515. The van der Waals surface area contributed by atoms with Crippen LogP contribution in [0.3, 0.4) is 0 Å². The van der Waals surface area contributed by atoms with E-state index < -0.39 is 5.63 Å². The van der Waals surface area contributed by atoms with Crippen LogP contribution in [0.1, 0.15) is 5.56 Å². The summed E-state index contributed by atoms with van der Waals surface area (Å²) >= 11 is 11.6. The van der Waals surface area contributed by atoms with Crippen molar-refractivity contribution >= 4 is 34.2 Å². The second-order valence-corrected chi connectivity index (χ2v) is 3.78. The topological polar surface area (TPSA) is 30.2 Å². The van der Waals surface area contributed by atoms with Crippen LogP contribution >= 0.6 is 23.2 Å². The van der Waals surface area contributed by atoms with Crippen LogP contribution < -0.4 is 5.63 Å². The summed E-state index contributed by atoms with van der Waals surface area (Å²) in [5.41, 5.74) is 0.681. The van der Waals surface area contributed by atoms with E-state index >= 15 is 0 Å². The van der Waals surface area contributed by atoms with Gasteiger partial charge in [0.2, 0.25) is 0 Å². The molecule has 14 heavy (non-hydrogen) atoms.